The molecule has 1 aromatic rings. The molecule has 0 spiro atoms. The predicted molar refractivity (Wildman–Crippen MR) is 60.3 cm³/mol. The zero-order valence-electron chi connectivity index (χ0n) is 7.42. The molecule has 0 unspecified atom stereocenters. The number of rotatable bonds is 4. The van der Waals surface area contributed by atoms with Crippen LogP contribution in [0.2, 0.25) is 0 Å². The van der Waals surface area contributed by atoms with Gasteiger partial charge in [0.2, 0.25) is 0 Å². The van der Waals surface area contributed by atoms with E-state index in [1.54, 1.807) is 6.07 Å². The highest BCUT2D eigenvalue weighted by atomic mass is 127. The quantitative estimate of drug-likeness (QED) is 0.629. The van der Waals surface area contributed by atoms with Gasteiger partial charge < -0.3 is 4.74 Å². The summed E-state index contributed by atoms with van der Waals surface area (Å²) in [7, 11) is 0. The Hall–Kier alpha value is -0.580. The number of carbonyl (C=O) groups is 1. The molecule has 0 aliphatic carbocycles. The fourth-order valence-corrected chi connectivity index (χ4v) is 1.58. The van der Waals surface area contributed by atoms with Crippen LogP contribution in [0.1, 0.15) is 23.7 Å². The van der Waals surface area contributed by atoms with Crippen molar-refractivity contribution in [3.05, 3.63) is 27.3 Å². The largest absolute Gasteiger partial charge is 0.492 e. The first kappa shape index (κ1) is 10.5. The van der Waals surface area contributed by atoms with Gasteiger partial charge in [-0.1, -0.05) is 19.1 Å². The first-order valence-corrected chi connectivity index (χ1v) is 5.24. The Morgan fingerprint density at radius 1 is 1.54 bits per heavy atom. The maximum atomic E-state index is 10.6. The Labute approximate surface area is 91.4 Å². The molecule has 0 amide bonds. The lowest BCUT2D eigenvalue weighted by Gasteiger charge is -2.07. The van der Waals surface area contributed by atoms with E-state index in [1.165, 1.54) is 0 Å². The zero-order valence-corrected chi connectivity index (χ0v) is 9.58. The Morgan fingerprint density at radius 3 is 2.92 bits per heavy atom. The van der Waals surface area contributed by atoms with Crippen LogP contribution in [0.3, 0.4) is 0 Å². The van der Waals surface area contributed by atoms with E-state index in [-0.39, 0.29) is 0 Å². The monoisotopic (exact) mass is 290 g/mol. The van der Waals surface area contributed by atoms with Crippen LogP contribution in [-0.2, 0) is 0 Å². The van der Waals surface area contributed by atoms with Crippen LogP contribution in [0.4, 0.5) is 0 Å². The van der Waals surface area contributed by atoms with Crippen LogP contribution in [0.15, 0.2) is 18.2 Å². The molecule has 0 aliphatic heterocycles. The molecule has 1 aromatic carbocycles. The van der Waals surface area contributed by atoms with Gasteiger partial charge in [0.15, 0.2) is 6.29 Å². The summed E-state index contributed by atoms with van der Waals surface area (Å²) in [6.07, 6.45) is 1.82. The second-order valence-electron chi connectivity index (χ2n) is 2.63. The van der Waals surface area contributed by atoms with Gasteiger partial charge in [0, 0.05) is 5.56 Å². The minimum atomic E-state index is 0.689. The maximum absolute atomic E-state index is 10.6. The lowest BCUT2D eigenvalue weighted by molar-refractivity contribution is 0.112. The summed E-state index contributed by atoms with van der Waals surface area (Å²) in [6, 6.07) is 5.49. The number of benzene rings is 1. The molecule has 0 radical (unpaired) electrons. The van der Waals surface area contributed by atoms with Gasteiger partial charge in [-0.2, -0.15) is 0 Å². The van der Waals surface area contributed by atoms with Gasteiger partial charge in [0.25, 0.3) is 0 Å². The topological polar surface area (TPSA) is 26.3 Å². The summed E-state index contributed by atoms with van der Waals surface area (Å²) in [5, 5.41) is 0. The number of ether oxygens (including phenoxy) is 1. The fourth-order valence-electron chi connectivity index (χ4n) is 0.942. The molecule has 0 saturated carbocycles. The van der Waals surface area contributed by atoms with Gasteiger partial charge in [-0.05, 0) is 35.1 Å². The Balaban J connectivity index is 2.87. The Morgan fingerprint density at radius 2 is 2.31 bits per heavy atom. The van der Waals surface area contributed by atoms with Gasteiger partial charge in [0.05, 0.1) is 10.2 Å². The molecule has 0 saturated heterocycles. The van der Waals surface area contributed by atoms with E-state index < -0.39 is 0 Å². The van der Waals surface area contributed by atoms with Gasteiger partial charge in [0.1, 0.15) is 5.75 Å². The van der Waals surface area contributed by atoms with Crippen LogP contribution in [0.25, 0.3) is 0 Å². The number of aldehydes is 1. The number of hydrogen-bond donors (Lipinski definition) is 0. The highest BCUT2D eigenvalue weighted by molar-refractivity contribution is 14.1. The van der Waals surface area contributed by atoms with Crippen molar-refractivity contribution in [3.63, 3.8) is 0 Å². The molecule has 0 bridgehead atoms. The smallest absolute Gasteiger partial charge is 0.151 e. The van der Waals surface area contributed by atoms with E-state index in [2.05, 4.69) is 29.5 Å². The van der Waals surface area contributed by atoms with E-state index in [4.69, 9.17) is 4.74 Å². The number of halogens is 1. The SMILES string of the molecule is CCCOc1cccc(C=O)c1I. The lowest BCUT2D eigenvalue weighted by Crippen LogP contribution is -1.98. The minimum absolute atomic E-state index is 0.689. The van der Waals surface area contributed by atoms with Crippen LogP contribution in [-0.4, -0.2) is 12.9 Å². The summed E-state index contributed by atoms with van der Waals surface area (Å²) >= 11 is 2.12. The fraction of sp³-hybridized carbons (Fsp3) is 0.300. The molecular formula is C10H11IO2. The molecule has 3 heteroatoms. The summed E-state index contributed by atoms with van der Waals surface area (Å²) in [5.74, 6) is 0.798. The summed E-state index contributed by atoms with van der Waals surface area (Å²) in [6.45, 7) is 2.74. The summed E-state index contributed by atoms with van der Waals surface area (Å²) in [4.78, 5) is 10.6. The molecule has 1 rings (SSSR count). The van der Waals surface area contributed by atoms with Gasteiger partial charge in [-0.3, -0.25) is 4.79 Å². The van der Waals surface area contributed by atoms with Crippen molar-refractivity contribution in [3.8, 4) is 5.75 Å². The predicted octanol–water partition coefficient (Wildman–Crippen LogP) is 2.89. The number of carbonyl (C=O) groups excluding carboxylic acids is 1. The molecule has 0 aromatic heterocycles. The lowest BCUT2D eigenvalue weighted by atomic mass is 10.2. The molecule has 13 heavy (non-hydrogen) atoms. The van der Waals surface area contributed by atoms with Crippen LogP contribution in [0, 0.1) is 3.57 Å². The third-order valence-electron chi connectivity index (χ3n) is 1.58. The van der Waals surface area contributed by atoms with Crippen molar-refractivity contribution in [1.29, 1.82) is 0 Å². The average molecular weight is 290 g/mol. The standard InChI is InChI=1S/C10H11IO2/c1-2-6-13-9-5-3-4-8(7-12)10(9)11/h3-5,7H,2,6H2,1H3. The Kier molecular flexibility index (Phi) is 4.21. The Bertz CT molecular complexity index is 297. The number of hydrogen-bond acceptors (Lipinski definition) is 2. The van der Waals surface area contributed by atoms with Crippen molar-refractivity contribution in [2.75, 3.05) is 6.61 Å². The van der Waals surface area contributed by atoms with Gasteiger partial charge in [-0.25, -0.2) is 0 Å². The van der Waals surface area contributed by atoms with Crippen molar-refractivity contribution >= 4 is 28.9 Å². The zero-order chi connectivity index (χ0) is 9.68. The summed E-state index contributed by atoms with van der Waals surface area (Å²) < 4.78 is 6.35. The molecule has 0 aliphatic rings. The first-order chi connectivity index (χ1) is 6.29. The molecule has 0 N–H and O–H groups in total. The molecule has 70 valence electrons. The second-order valence-corrected chi connectivity index (χ2v) is 3.70. The molecule has 0 heterocycles. The molecule has 0 fully saturated rings. The normalized spacial score (nSPS) is 9.69. The molecule has 0 atom stereocenters. The van der Waals surface area contributed by atoms with E-state index >= 15 is 0 Å². The van der Waals surface area contributed by atoms with E-state index in [9.17, 15) is 4.79 Å². The van der Waals surface area contributed by atoms with Gasteiger partial charge in [-0.15, -0.1) is 0 Å². The van der Waals surface area contributed by atoms with Crippen molar-refractivity contribution in [2.24, 2.45) is 0 Å². The van der Waals surface area contributed by atoms with Crippen LogP contribution < -0.4 is 4.74 Å². The van der Waals surface area contributed by atoms with Crippen LogP contribution >= 0.6 is 22.6 Å². The molecule has 2 nitrogen and oxygen atoms in total. The van der Waals surface area contributed by atoms with E-state index in [1.807, 2.05) is 12.1 Å². The maximum Gasteiger partial charge on any atom is 0.151 e. The summed E-state index contributed by atoms with van der Waals surface area (Å²) in [5.41, 5.74) is 0.689. The minimum Gasteiger partial charge on any atom is -0.492 e. The van der Waals surface area contributed by atoms with Crippen LogP contribution in [0.5, 0.6) is 5.75 Å². The van der Waals surface area contributed by atoms with E-state index in [0.29, 0.717) is 12.2 Å². The van der Waals surface area contributed by atoms with Crippen molar-refractivity contribution < 1.29 is 9.53 Å². The van der Waals surface area contributed by atoms with Crippen molar-refractivity contribution in [2.45, 2.75) is 13.3 Å². The van der Waals surface area contributed by atoms with Crippen molar-refractivity contribution in [1.82, 2.24) is 0 Å². The third kappa shape index (κ3) is 2.69. The third-order valence-corrected chi connectivity index (χ3v) is 2.74. The van der Waals surface area contributed by atoms with Gasteiger partial charge >= 0.3 is 0 Å². The molecular weight excluding hydrogens is 279 g/mol. The highest BCUT2D eigenvalue weighted by Gasteiger charge is 2.04. The van der Waals surface area contributed by atoms with E-state index in [0.717, 1.165) is 22.0 Å². The first-order valence-electron chi connectivity index (χ1n) is 4.16. The average Bonchev–Trinajstić information content (AvgIpc) is 2.16. The second kappa shape index (κ2) is 5.21. The highest BCUT2D eigenvalue weighted by Crippen LogP contribution is 2.23.